The van der Waals surface area contributed by atoms with E-state index in [0.29, 0.717) is 17.0 Å². The van der Waals surface area contributed by atoms with E-state index in [1.807, 2.05) is 104 Å². The first-order chi connectivity index (χ1) is 14.9. The molecule has 0 radical (unpaired) electrons. The maximum atomic E-state index is 12.7. The lowest BCUT2D eigenvalue weighted by Crippen LogP contribution is -2.27. The monoisotopic (exact) mass is 431 g/mol. The van der Waals surface area contributed by atoms with Crippen LogP contribution in [0.25, 0.3) is 0 Å². The highest BCUT2D eigenvalue weighted by Crippen LogP contribution is 2.42. The maximum Gasteiger partial charge on any atom is 0.255 e. The smallest absolute Gasteiger partial charge is 0.255 e. The Kier molecular flexibility index (Phi) is 6.00. The maximum absolute atomic E-state index is 12.7. The first-order valence-electron chi connectivity index (χ1n) is 10.1. The molecule has 3 aromatic carbocycles. The van der Waals surface area contributed by atoms with E-state index in [0.717, 1.165) is 22.5 Å². The first-order valence-corrected chi connectivity index (χ1v) is 11.2. The van der Waals surface area contributed by atoms with Crippen molar-refractivity contribution in [2.24, 2.45) is 0 Å². The third kappa shape index (κ3) is 4.44. The molecule has 1 N–H and O–H groups in total. The molecule has 1 unspecified atom stereocenters. The zero-order chi connectivity index (χ0) is 22.0. The van der Waals surface area contributed by atoms with Crippen LogP contribution in [0.5, 0.6) is 0 Å². The number of thioether (sulfide) groups is 1. The molecule has 0 aliphatic carbocycles. The average molecular weight is 432 g/mol. The van der Waals surface area contributed by atoms with Crippen LogP contribution in [0.15, 0.2) is 72.8 Å². The van der Waals surface area contributed by atoms with Crippen LogP contribution in [0.2, 0.25) is 0 Å². The van der Waals surface area contributed by atoms with Gasteiger partial charge >= 0.3 is 0 Å². The molecule has 158 valence electrons. The van der Waals surface area contributed by atoms with Crippen molar-refractivity contribution in [3.63, 3.8) is 0 Å². The summed E-state index contributed by atoms with van der Waals surface area (Å²) in [6.45, 7) is 1.92. The van der Waals surface area contributed by atoms with E-state index in [4.69, 9.17) is 0 Å². The lowest BCUT2D eigenvalue weighted by molar-refractivity contribution is -0.115. The summed E-state index contributed by atoms with van der Waals surface area (Å²) >= 11 is 1.60. The first kappa shape index (κ1) is 21.0. The van der Waals surface area contributed by atoms with Crippen LogP contribution in [-0.2, 0) is 4.79 Å². The molecule has 6 heteroatoms. The number of aryl methyl sites for hydroxylation is 1. The molecule has 2 amide bonds. The van der Waals surface area contributed by atoms with Gasteiger partial charge in [-0.1, -0.05) is 30.3 Å². The molecule has 4 rings (SSSR count). The van der Waals surface area contributed by atoms with Crippen molar-refractivity contribution in [3.8, 4) is 0 Å². The summed E-state index contributed by atoms with van der Waals surface area (Å²) in [4.78, 5) is 29.3. The van der Waals surface area contributed by atoms with Crippen LogP contribution in [0.3, 0.4) is 0 Å². The second-order valence-corrected chi connectivity index (χ2v) is 8.80. The molecule has 0 bridgehead atoms. The van der Waals surface area contributed by atoms with Gasteiger partial charge in [0.25, 0.3) is 5.91 Å². The minimum Gasteiger partial charge on any atom is -0.378 e. The fourth-order valence-electron chi connectivity index (χ4n) is 3.66. The van der Waals surface area contributed by atoms with Crippen LogP contribution in [0, 0.1) is 6.92 Å². The van der Waals surface area contributed by atoms with Gasteiger partial charge in [-0.15, -0.1) is 11.8 Å². The summed E-state index contributed by atoms with van der Waals surface area (Å²) in [6, 6.07) is 23.3. The predicted octanol–water partition coefficient (Wildman–Crippen LogP) is 5.09. The van der Waals surface area contributed by atoms with Crippen molar-refractivity contribution in [1.82, 2.24) is 0 Å². The number of amides is 2. The Labute approximate surface area is 187 Å². The third-order valence-electron chi connectivity index (χ3n) is 5.33. The molecular weight excluding hydrogens is 406 g/mol. The number of anilines is 3. The van der Waals surface area contributed by atoms with E-state index >= 15 is 0 Å². The fourth-order valence-corrected chi connectivity index (χ4v) is 4.82. The zero-order valence-corrected chi connectivity index (χ0v) is 18.6. The summed E-state index contributed by atoms with van der Waals surface area (Å²) in [5, 5.41) is 2.86. The van der Waals surface area contributed by atoms with Crippen molar-refractivity contribution >= 4 is 40.6 Å². The van der Waals surface area contributed by atoms with E-state index in [1.165, 1.54) is 0 Å². The summed E-state index contributed by atoms with van der Waals surface area (Å²) in [7, 11) is 3.98. The molecule has 1 atom stereocenters. The molecule has 31 heavy (non-hydrogen) atoms. The number of benzene rings is 3. The van der Waals surface area contributed by atoms with Crippen molar-refractivity contribution < 1.29 is 9.59 Å². The highest BCUT2D eigenvalue weighted by Gasteiger charge is 2.34. The highest BCUT2D eigenvalue weighted by molar-refractivity contribution is 8.00. The van der Waals surface area contributed by atoms with Crippen molar-refractivity contribution in [2.75, 3.05) is 35.0 Å². The molecular formula is C25H25N3O2S. The summed E-state index contributed by atoms with van der Waals surface area (Å²) < 4.78 is 0. The van der Waals surface area contributed by atoms with E-state index in [-0.39, 0.29) is 17.2 Å². The van der Waals surface area contributed by atoms with Gasteiger partial charge in [0.15, 0.2) is 0 Å². The van der Waals surface area contributed by atoms with Gasteiger partial charge in [0, 0.05) is 36.7 Å². The Morgan fingerprint density at radius 2 is 1.77 bits per heavy atom. The van der Waals surface area contributed by atoms with E-state index in [1.54, 1.807) is 11.8 Å². The second-order valence-electron chi connectivity index (χ2n) is 7.73. The van der Waals surface area contributed by atoms with Gasteiger partial charge in [-0.3, -0.25) is 14.5 Å². The quantitative estimate of drug-likeness (QED) is 0.611. The predicted molar refractivity (Wildman–Crippen MR) is 129 cm³/mol. The van der Waals surface area contributed by atoms with Crippen LogP contribution in [0.1, 0.15) is 26.9 Å². The fraction of sp³-hybridized carbons (Fsp3) is 0.200. The van der Waals surface area contributed by atoms with Gasteiger partial charge in [-0.25, -0.2) is 0 Å². The number of rotatable bonds is 5. The lowest BCUT2D eigenvalue weighted by Gasteiger charge is -2.25. The Morgan fingerprint density at radius 1 is 1.03 bits per heavy atom. The Bertz CT molecular complexity index is 1110. The van der Waals surface area contributed by atoms with E-state index < -0.39 is 0 Å². The molecule has 3 aromatic rings. The normalized spacial score (nSPS) is 15.8. The molecule has 1 saturated heterocycles. The molecule has 1 fully saturated rings. The molecule has 0 spiro atoms. The van der Waals surface area contributed by atoms with Crippen LogP contribution in [0.4, 0.5) is 17.1 Å². The van der Waals surface area contributed by atoms with Crippen LogP contribution in [-0.4, -0.2) is 31.7 Å². The lowest BCUT2D eigenvalue weighted by atomic mass is 10.1. The van der Waals surface area contributed by atoms with E-state index in [9.17, 15) is 9.59 Å². The van der Waals surface area contributed by atoms with Crippen LogP contribution < -0.4 is 15.1 Å². The molecule has 1 aliphatic rings. The van der Waals surface area contributed by atoms with Crippen molar-refractivity contribution in [1.29, 1.82) is 0 Å². The number of carbonyl (C=O) groups is 2. The summed E-state index contributed by atoms with van der Waals surface area (Å²) in [6.07, 6.45) is 0. The number of nitrogens with one attached hydrogen (secondary N) is 1. The molecule has 5 nitrogen and oxygen atoms in total. The number of hydrogen-bond acceptors (Lipinski definition) is 4. The zero-order valence-electron chi connectivity index (χ0n) is 17.8. The largest absolute Gasteiger partial charge is 0.378 e. The molecule has 0 saturated carbocycles. The van der Waals surface area contributed by atoms with Gasteiger partial charge in [0.2, 0.25) is 5.91 Å². The Hall–Kier alpha value is -3.25. The average Bonchev–Trinajstić information content (AvgIpc) is 3.15. The minimum atomic E-state index is -0.137. The van der Waals surface area contributed by atoms with Gasteiger partial charge in [-0.2, -0.15) is 0 Å². The Morgan fingerprint density at radius 3 is 2.48 bits per heavy atom. The van der Waals surface area contributed by atoms with Gasteiger partial charge < -0.3 is 10.2 Å². The molecule has 1 heterocycles. The van der Waals surface area contributed by atoms with Gasteiger partial charge in [-0.05, 0) is 60.5 Å². The van der Waals surface area contributed by atoms with Crippen molar-refractivity contribution in [2.45, 2.75) is 12.3 Å². The summed E-state index contributed by atoms with van der Waals surface area (Å²) in [5.74, 6) is 0.378. The number of nitrogens with zero attached hydrogens (tertiary/aromatic N) is 2. The minimum absolute atomic E-state index is 0.0851. The topological polar surface area (TPSA) is 52.7 Å². The Balaban J connectivity index is 1.58. The van der Waals surface area contributed by atoms with Crippen molar-refractivity contribution in [3.05, 3.63) is 89.5 Å². The third-order valence-corrected chi connectivity index (χ3v) is 6.54. The molecule has 0 aromatic heterocycles. The molecule has 1 aliphatic heterocycles. The SMILES string of the molecule is Cc1ccccc1C(=O)Nc1cccc(C2SCC(=O)N2c2ccc(N(C)C)cc2)c1. The highest BCUT2D eigenvalue weighted by atomic mass is 32.2. The number of carbonyl (C=O) groups excluding carboxylic acids is 2. The van der Waals surface area contributed by atoms with E-state index in [2.05, 4.69) is 5.32 Å². The van der Waals surface area contributed by atoms with Gasteiger partial charge in [0.05, 0.1) is 5.75 Å². The number of hydrogen-bond donors (Lipinski definition) is 1. The standard InChI is InChI=1S/C25H25N3O2S/c1-17-7-4-5-10-22(17)24(30)26-19-9-6-8-18(15-19)25-28(23(29)16-31-25)21-13-11-20(12-14-21)27(2)3/h4-15,25H,16H2,1-3H3,(H,26,30). The van der Waals surface area contributed by atoms with Crippen LogP contribution >= 0.6 is 11.8 Å². The summed E-state index contributed by atoms with van der Waals surface area (Å²) in [5.41, 5.74) is 5.24. The second kappa shape index (κ2) is 8.86. The van der Waals surface area contributed by atoms with Gasteiger partial charge in [0.1, 0.15) is 5.37 Å².